The van der Waals surface area contributed by atoms with E-state index in [1.165, 1.54) is 0 Å². The lowest BCUT2D eigenvalue weighted by Crippen LogP contribution is -2.00. The number of aromatic nitrogens is 4. The summed E-state index contributed by atoms with van der Waals surface area (Å²) in [7, 11) is 1.59. The molecule has 0 unspecified atom stereocenters. The highest BCUT2D eigenvalue weighted by Crippen LogP contribution is 2.29. The molecule has 2 aromatic heterocycles. The second-order valence-electron chi connectivity index (χ2n) is 7.67. The van der Waals surface area contributed by atoms with Gasteiger partial charge in [0.1, 0.15) is 12.1 Å². The molecule has 0 fully saturated rings. The standard InChI is InChI=1S/C25H21ClN6O2/c1-15-7-9-20-18(11-15)23-24(28-20)29-25(32-30-23)31-27-13-16-8-10-21(22(12-16)33-2)34-14-17-5-3-4-6-19(17)26/h3-13H,14H2,1-2H3,(H2,28,29,31,32)/b27-13+. The highest BCUT2D eigenvalue weighted by molar-refractivity contribution is 6.31. The van der Waals surface area contributed by atoms with Crippen molar-refractivity contribution < 1.29 is 9.47 Å². The molecule has 0 aliphatic heterocycles. The molecule has 3 aromatic carbocycles. The molecule has 0 bridgehead atoms. The first-order valence-corrected chi connectivity index (χ1v) is 10.9. The van der Waals surface area contributed by atoms with Crippen molar-refractivity contribution in [2.24, 2.45) is 5.10 Å². The number of aromatic amines is 1. The number of hydrogen-bond donors (Lipinski definition) is 2. The fraction of sp³-hybridized carbons (Fsp3) is 0.120. The molecule has 0 aliphatic rings. The summed E-state index contributed by atoms with van der Waals surface area (Å²) < 4.78 is 11.4. The Morgan fingerprint density at radius 1 is 1.06 bits per heavy atom. The van der Waals surface area contributed by atoms with E-state index in [-0.39, 0.29) is 0 Å². The number of halogens is 1. The maximum absolute atomic E-state index is 6.20. The Kier molecular flexibility index (Phi) is 5.97. The summed E-state index contributed by atoms with van der Waals surface area (Å²) >= 11 is 6.20. The number of nitrogens with one attached hydrogen (secondary N) is 2. The first-order chi connectivity index (χ1) is 16.6. The van der Waals surface area contributed by atoms with Crippen molar-refractivity contribution in [2.45, 2.75) is 13.5 Å². The van der Waals surface area contributed by atoms with Crippen LogP contribution in [0, 0.1) is 6.92 Å². The summed E-state index contributed by atoms with van der Waals surface area (Å²) in [5.41, 5.74) is 8.02. The topological polar surface area (TPSA) is 97.3 Å². The number of fused-ring (bicyclic) bond motifs is 3. The number of H-pyrrole nitrogens is 1. The Labute approximate surface area is 200 Å². The van der Waals surface area contributed by atoms with Gasteiger partial charge in [-0.05, 0) is 48.9 Å². The summed E-state index contributed by atoms with van der Waals surface area (Å²) in [6.45, 7) is 2.38. The van der Waals surface area contributed by atoms with E-state index in [0.717, 1.165) is 33.1 Å². The number of benzene rings is 3. The van der Waals surface area contributed by atoms with Crippen LogP contribution in [0.5, 0.6) is 11.5 Å². The largest absolute Gasteiger partial charge is 0.493 e. The minimum absolute atomic E-state index is 0.290. The first-order valence-electron chi connectivity index (χ1n) is 10.6. The average molecular weight is 473 g/mol. The van der Waals surface area contributed by atoms with Gasteiger partial charge in [-0.15, -0.1) is 10.2 Å². The van der Waals surface area contributed by atoms with Crippen LogP contribution in [0.4, 0.5) is 5.95 Å². The van der Waals surface area contributed by atoms with Crippen LogP contribution in [0.25, 0.3) is 22.1 Å². The number of anilines is 1. The normalized spacial score (nSPS) is 11.4. The maximum atomic E-state index is 6.20. The van der Waals surface area contributed by atoms with E-state index in [0.29, 0.717) is 34.7 Å². The smallest absolute Gasteiger partial charge is 0.265 e. The molecule has 0 saturated heterocycles. The van der Waals surface area contributed by atoms with E-state index < -0.39 is 0 Å². The molecule has 8 nitrogen and oxygen atoms in total. The zero-order valence-electron chi connectivity index (χ0n) is 18.5. The molecule has 0 spiro atoms. The number of hydrogen-bond acceptors (Lipinski definition) is 7. The number of nitrogens with zero attached hydrogens (tertiary/aromatic N) is 4. The number of ether oxygens (including phenoxy) is 2. The second kappa shape index (κ2) is 9.36. The lowest BCUT2D eigenvalue weighted by Gasteiger charge is -2.12. The molecule has 0 aliphatic carbocycles. The van der Waals surface area contributed by atoms with Gasteiger partial charge in [-0.2, -0.15) is 10.1 Å². The Hall–Kier alpha value is -4.17. The van der Waals surface area contributed by atoms with Gasteiger partial charge in [-0.1, -0.05) is 41.4 Å². The number of methoxy groups -OCH3 is 1. The summed E-state index contributed by atoms with van der Waals surface area (Å²) in [5.74, 6) is 1.49. The molecule has 2 N–H and O–H groups in total. The minimum atomic E-state index is 0.290. The van der Waals surface area contributed by atoms with E-state index in [1.54, 1.807) is 13.3 Å². The molecule has 5 aromatic rings. The third-order valence-electron chi connectivity index (χ3n) is 5.28. The predicted molar refractivity (Wildman–Crippen MR) is 134 cm³/mol. The van der Waals surface area contributed by atoms with Crippen LogP contribution >= 0.6 is 11.6 Å². The molecule has 2 heterocycles. The van der Waals surface area contributed by atoms with E-state index in [1.807, 2.05) is 61.5 Å². The molecule has 5 rings (SSSR count). The third-order valence-corrected chi connectivity index (χ3v) is 5.65. The maximum Gasteiger partial charge on any atom is 0.265 e. The molecule has 0 radical (unpaired) electrons. The van der Waals surface area contributed by atoms with Gasteiger partial charge in [0, 0.05) is 21.5 Å². The van der Waals surface area contributed by atoms with Gasteiger partial charge >= 0.3 is 0 Å². The monoisotopic (exact) mass is 472 g/mol. The van der Waals surface area contributed by atoms with E-state index in [2.05, 4.69) is 36.8 Å². The Morgan fingerprint density at radius 3 is 2.79 bits per heavy atom. The highest BCUT2D eigenvalue weighted by Gasteiger charge is 2.10. The second-order valence-corrected chi connectivity index (χ2v) is 8.07. The summed E-state index contributed by atoms with van der Waals surface area (Å²) in [4.78, 5) is 7.73. The number of rotatable bonds is 7. The van der Waals surface area contributed by atoms with Crippen LogP contribution in [0.1, 0.15) is 16.7 Å². The van der Waals surface area contributed by atoms with Crippen LogP contribution in [0.2, 0.25) is 5.02 Å². The van der Waals surface area contributed by atoms with Gasteiger partial charge in [-0.25, -0.2) is 5.43 Å². The number of aryl methyl sites for hydroxylation is 1. The van der Waals surface area contributed by atoms with Gasteiger partial charge in [-0.3, -0.25) is 0 Å². The SMILES string of the molecule is COc1cc(/C=N/Nc2nnc3c(n2)[nH]c2ccc(C)cc23)ccc1OCc1ccccc1Cl. The van der Waals surface area contributed by atoms with Crippen LogP contribution in [0.3, 0.4) is 0 Å². The van der Waals surface area contributed by atoms with Crippen molar-refractivity contribution in [3.05, 3.63) is 82.4 Å². The van der Waals surface area contributed by atoms with Gasteiger partial charge < -0.3 is 14.5 Å². The Bertz CT molecular complexity index is 1510. The van der Waals surface area contributed by atoms with Crippen LogP contribution < -0.4 is 14.9 Å². The molecule has 34 heavy (non-hydrogen) atoms. The lowest BCUT2D eigenvalue weighted by molar-refractivity contribution is 0.284. The highest BCUT2D eigenvalue weighted by atomic mass is 35.5. The fourth-order valence-corrected chi connectivity index (χ4v) is 3.74. The van der Waals surface area contributed by atoms with Crippen molar-refractivity contribution in [2.75, 3.05) is 12.5 Å². The van der Waals surface area contributed by atoms with E-state index >= 15 is 0 Å². The van der Waals surface area contributed by atoms with Crippen molar-refractivity contribution in [1.29, 1.82) is 0 Å². The van der Waals surface area contributed by atoms with Gasteiger partial charge in [0.2, 0.25) is 0 Å². The average Bonchev–Trinajstić information content (AvgIpc) is 3.21. The van der Waals surface area contributed by atoms with Crippen molar-refractivity contribution in [3.8, 4) is 11.5 Å². The fourth-order valence-electron chi connectivity index (χ4n) is 3.55. The zero-order valence-corrected chi connectivity index (χ0v) is 19.3. The Morgan fingerprint density at radius 2 is 1.94 bits per heavy atom. The van der Waals surface area contributed by atoms with E-state index in [4.69, 9.17) is 21.1 Å². The summed E-state index contributed by atoms with van der Waals surface area (Å²) in [5, 5.41) is 14.3. The molecule has 170 valence electrons. The molecular weight excluding hydrogens is 452 g/mol. The van der Waals surface area contributed by atoms with Crippen LogP contribution in [-0.4, -0.2) is 33.5 Å². The molecule has 0 amide bonds. The Balaban J connectivity index is 1.28. The van der Waals surface area contributed by atoms with Gasteiger partial charge in [0.25, 0.3) is 5.95 Å². The van der Waals surface area contributed by atoms with Gasteiger partial charge in [0.15, 0.2) is 17.1 Å². The van der Waals surface area contributed by atoms with Crippen LogP contribution in [0.15, 0.2) is 65.8 Å². The van der Waals surface area contributed by atoms with E-state index in [9.17, 15) is 0 Å². The zero-order chi connectivity index (χ0) is 23.5. The van der Waals surface area contributed by atoms with Crippen molar-refractivity contribution in [1.82, 2.24) is 20.2 Å². The molecule has 9 heteroatoms. The quantitative estimate of drug-likeness (QED) is 0.240. The summed E-state index contributed by atoms with van der Waals surface area (Å²) in [6, 6.07) is 19.2. The minimum Gasteiger partial charge on any atom is -0.493 e. The number of hydrazone groups is 1. The molecule has 0 saturated carbocycles. The molecular formula is C25H21ClN6O2. The summed E-state index contributed by atoms with van der Waals surface area (Å²) in [6.07, 6.45) is 1.64. The van der Waals surface area contributed by atoms with Gasteiger partial charge in [0.05, 0.1) is 13.3 Å². The predicted octanol–water partition coefficient (Wildman–Crippen LogP) is 5.50. The first kappa shape index (κ1) is 21.7. The third kappa shape index (κ3) is 4.49. The lowest BCUT2D eigenvalue weighted by atomic mass is 10.2. The molecule has 0 atom stereocenters. The van der Waals surface area contributed by atoms with Crippen LogP contribution in [-0.2, 0) is 6.61 Å². The van der Waals surface area contributed by atoms with Crippen molar-refractivity contribution in [3.63, 3.8) is 0 Å². The van der Waals surface area contributed by atoms with Crippen molar-refractivity contribution >= 4 is 45.8 Å².